The van der Waals surface area contributed by atoms with E-state index in [1.165, 1.54) is 11.9 Å². The maximum atomic E-state index is 12.5. The summed E-state index contributed by atoms with van der Waals surface area (Å²) in [5.41, 5.74) is 5.75. The van der Waals surface area contributed by atoms with Crippen molar-refractivity contribution in [3.63, 3.8) is 0 Å². The third-order valence-electron chi connectivity index (χ3n) is 5.35. The number of rotatable bonds is 10. The predicted molar refractivity (Wildman–Crippen MR) is 160 cm³/mol. The van der Waals surface area contributed by atoms with Gasteiger partial charge in [0, 0.05) is 45.8 Å². The number of benzene rings is 4. The standard InChI is InChI=1S/C28H27N5O3S2/c1-37-32-25-7-3-19(4-8-25)27(34)30-23-15-11-21(12-16-23)29-22-13-17-24(18-14-22)31-28(35)20-5-9-26(10-6-20)33-38(2)36/h3-18,29,32-33H,1-2H3,(H,30,34)(H,31,35). The molecule has 1 atom stereocenters. The van der Waals surface area contributed by atoms with Crippen LogP contribution in [0.1, 0.15) is 20.7 Å². The molecule has 1 unspecified atom stereocenters. The third-order valence-corrected chi connectivity index (χ3v) is 6.31. The summed E-state index contributed by atoms with van der Waals surface area (Å²) in [4.78, 5) is 25.0. The minimum Gasteiger partial charge on any atom is -0.593 e. The van der Waals surface area contributed by atoms with Crippen LogP contribution in [-0.4, -0.2) is 28.9 Å². The third kappa shape index (κ3) is 7.69. The van der Waals surface area contributed by atoms with E-state index >= 15 is 0 Å². The Balaban J connectivity index is 1.29. The molecule has 0 radical (unpaired) electrons. The highest BCUT2D eigenvalue weighted by Crippen LogP contribution is 2.22. The number of hydrogen-bond donors (Lipinski definition) is 5. The lowest BCUT2D eigenvalue weighted by atomic mass is 10.2. The molecular formula is C28H27N5O3S2. The zero-order valence-corrected chi connectivity index (χ0v) is 22.4. The Kier molecular flexibility index (Phi) is 9.15. The van der Waals surface area contributed by atoms with E-state index in [4.69, 9.17) is 0 Å². The minimum atomic E-state index is -1.17. The van der Waals surface area contributed by atoms with Crippen molar-refractivity contribution in [1.29, 1.82) is 0 Å². The quantitative estimate of drug-likeness (QED) is 0.117. The highest BCUT2D eigenvalue weighted by atomic mass is 32.2. The number of hydrogen-bond acceptors (Lipinski definition) is 7. The molecule has 0 heterocycles. The topological polar surface area (TPSA) is 117 Å². The Hall–Kier alpha value is -4.12. The molecule has 0 aromatic heterocycles. The fraction of sp³-hybridized carbons (Fsp3) is 0.0714. The molecule has 0 fully saturated rings. The van der Waals surface area contributed by atoms with Gasteiger partial charge in [0.25, 0.3) is 11.8 Å². The Morgan fingerprint density at radius 1 is 0.605 bits per heavy atom. The zero-order chi connectivity index (χ0) is 26.9. The van der Waals surface area contributed by atoms with Crippen LogP contribution < -0.4 is 25.4 Å². The van der Waals surface area contributed by atoms with Crippen molar-refractivity contribution in [2.75, 3.05) is 37.9 Å². The van der Waals surface area contributed by atoms with Crippen molar-refractivity contribution < 1.29 is 14.1 Å². The Bertz CT molecular complexity index is 1360. The molecule has 10 heteroatoms. The van der Waals surface area contributed by atoms with Gasteiger partial charge in [0.1, 0.15) is 6.26 Å². The Morgan fingerprint density at radius 2 is 0.974 bits per heavy atom. The van der Waals surface area contributed by atoms with E-state index in [1.807, 2.05) is 66.9 Å². The Labute approximate surface area is 229 Å². The SMILES string of the molecule is CSNc1ccc(C(=O)Nc2ccc(Nc3ccc(NC(=O)c4ccc(N[S+](C)[O-])cc4)cc3)cc2)cc1. The summed E-state index contributed by atoms with van der Waals surface area (Å²) in [5, 5.41) is 9.07. The molecule has 0 aliphatic rings. The van der Waals surface area contributed by atoms with E-state index in [2.05, 4.69) is 25.4 Å². The maximum Gasteiger partial charge on any atom is 0.255 e. The lowest BCUT2D eigenvalue weighted by Gasteiger charge is -2.11. The van der Waals surface area contributed by atoms with E-state index in [0.29, 0.717) is 28.2 Å². The van der Waals surface area contributed by atoms with Gasteiger partial charge in [-0.15, -0.1) is 0 Å². The van der Waals surface area contributed by atoms with E-state index in [-0.39, 0.29) is 11.8 Å². The fourth-order valence-electron chi connectivity index (χ4n) is 3.51. The van der Waals surface area contributed by atoms with Crippen molar-refractivity contribution in [2.24, 2.45) is 0 Å². The fourth-order valence-corrected chi connectivity index (χ4v) is 4.35. The van der Waals surface area contributed by atoms with E-state index in [1.54, 1.807) is 42.7 Å². The summed E-state index contributed by atoms with van der Waals surface area (Å²) >= 11 is 0.324. The number of carbonyl (C=O) groups excluding carboxylic acids is 2. The Morgan fingerprint density at radius 3 is 1.37 bits per heavy atom. The van der Waals surface area contributed by atoms with Crippen LogP contribution in [0.15, 0.2) is 97.1 Å². The first-order chi connectivity index (χ1) is 18.4. The van der Waals surface area contributed by atoms with Gasteiger partial charge in [0.05, 0.1) is 17.0 Å². The van der Waals surface area contributed by atoms with Crippen LogP contribution in [0.25, 0.3) is 0 Å². The number of carbonyl (C=O) groups is 2. The van der Waals surface area contributed by atoms with Crippen molar-refractivity contribution in [2.45, 2.75) is 0 Å². The zero-order valence-electron chi connectivity index (χ0n) is 20.8. The molecule has 0 bridgehead atoms. The van der Waals surface area contributed by atoms with E-state index in [9.17, 15) is 14.1 Å². The molecule has 4 aromatic carbocycles. The highest BCUT2D eigenvalue weighted by molar-refractivity contribution is 7.99. The van der Waals surface area contributed by atoms with Crippen molar-refractivity contribution in [3.05, 3.63) is 108 Å². The first kappa shape index (κ1) is 26.9. The van der Waals surface area contributed by atoms with E-state index < -0.39 is 11.4 Å². The lowest BCUT2D eigenvalue weighted by Crippen LogP contribution is -2.13. The molecule has 0 spiro atoms. The molecule has 8 nitrogen and oxygen atoms in total. The second kappa shape index (κ2) is 12.9. The van der Waals surface area contributed by atoms with E-state index in [0.717, 1.165) is 17.1 Å². The van der Waals surface area contributed by atoms with Crippen molar-refractivity contribution in [3.8, 4) is 0 Å². The summed E-state index contributed by atoms with van der Waals surface area (Å²) in [7, 11) is 0. The predicted octanol–water partition coefficient (Wildman–Crippen LogP) is 6.33. The number of amides is 2. The summed E-state index contributed by atoms with van der Waals surface area (Å²) < 4.78 is 17.1. The minimum absolute atomic E-state index is 0.177. The molecule has 5 N–H and O–H groups in total. The van der Waals surface area contributed by atoms with Gasteiger partial charge in [0.15, 0.2) is 0 Å². The van der Waals surface area contributed by atoms with Gasteiger partial charge >= 0.3 is 0 Å². The summed E-state index contributed by atoms with van der Waals surface area (Å²) in [6.07, 6.45) is 3.48. The molecule has 2 amide bonds. The van der Waals surface area contributed by atoms with Crippen LogP contribution in [0.3, 0.4) is 0 Å². The van der Waals surface area contributed by atoms with Gasteiger partial charge in [-0.25, -0.2) is 4.72 Å². The first-order valence-corrected chi connectivity index (χ1v) is 14.4. The average Bonchev–Trinajstić information content (AvgIpc) is 2.91. The largest absolute Gasteiger partial charge is 0.593 e. The average molecular weight is 546 g/mol. The van der Waals surface area contributed by atoms with Crippen LogP contribution in [0.4, 0.5) is 34.1 Å². The van der Waals surface area contributed by atoms with Crippen LogP contribution in [0.5, 0.6) is 0 Å². The summed E-state index contributed by atoms with van der Waals surface area (Å²) in [6.45, 7) is 0. The number of anilines is 6. The molecule has 0 saturated heterocycles. The summed E-state index contributed by atoms with van der Waals surface area (Å²) in [6, 6.07) is 28.8. The summed E-state index contributed by atoms with van der Waals surface area (Å²) in [5.74, 6) is -0.413. The van der Waals surface area contributed by atoms with Crippen molar-refractivity contribution in [1.82, 2.24) is 0 Å². The number of nitrogens with one attached hydrogen (secondary N) is 5. The smallest absolute Gasteiger partial charge is 0.255 e. The molecule has 38 heavy (non-hydrogen) atoms. The van der Waals surface area contributed by atoms with Gasteiger partial charge in [-0.2, -0.15) is 0 Å². The molecule has 194 valence electrons. The lowest BCUT2D eigenvalue weighted by molar-refractivity contribution is 0.101. The molecule has 4 rings (SSSR count). The molecule has 0 saturated carbocycles. The van der Waals surface area contributed by atoms with Gasteiger partial charge in [-0.3, -0.25) is 9.59 Å². The molecule has 4 aromatic rings. The maximum absolute atomic E-state index is 12.5. The first-order valence-electron chi connectivity index (χ1n) is 11.6. The highest BCUT2D eigenvalue weighted by Gasteiger charge is 2.08. The van der Waals surface area contributed by atoms with Crippen LogP contribution in [0, 0.1) is 0 Å². The second-order valence-electron chi connectivity index (χ2n) is 8.21. The molecule has 0 aliphatic carbocycles. The van der Waals surface area contributed by atoms with Gasteiger partial charge in [-0.05, 0) is 97.1 Å². The van der Waals surface area contributed by atoms with Gasteiger partial charge in [-0.1, -0.05) is 11.9 Å². The normalized spacial score (nSPS) is 11.2. The second-order valence-corrected chi connectivity index (χ2v) is 9.93. The van der Waals surface area contributed by atoms with Crippen LogP contribution in [-0.2, 0) is 11.4 Å². The van der Waals surface area contributed by atoms with Crippen LogP contribution >= 0.6 is 11.9 Å². The van der Waals surface area contributed by atoms with Crippen LogP contribution in [0.2, 0.25) is 0 Å². The molecule has 0 aliphatic heterocycles. The van der Waals surface area contributed by atoms with Gasteiger partial charge in [0.2, 0.25) is 0 Å². The monoisotopic (exact) mass is 545 g/mol. The van der Waals surface area contributed by atoms with Gasteiger partial charge < -0.3 is 25.2 Å². The molecular weight excluding hydrogens is 518 g/mol. The van der Waals surface area contributed by atoms with Crippen molar-refractivity contribution >= 4 is 69.2 Å².